The van der Waals surface area contributed by atoms with Crippen molar-refractivity contribution in [3.8, 4) is 10.6 Å². The fraction of sp³-hybridized carbons (Fsp3) is 0.231. The molecule has 0 spiro atoms. The average Bonchev–Trinajstić information content (AvgIpc) is 3.67. The number of rotatable bonds is 10. The van der Waals surface area contributed by atoms with Crippen molar-refractivity contribution in [2.24, 2.45) is 0 Å². The number of sulfonamides is 1. The molecule has 38 heavy (non-hydrogen) atoms. The average molecular weight is 551 g/mol. The Morgan fingerprint density at radius 1 is 1.16 bits per heavy atom. The number of nitrogens with one attached hydrogen (secondary N) is 1. The first kappa shape index (κ1) is 25.6. The highest BCUT2D eigenvalue weighted by Gasteiger charge is 2.21. The molecule has 0 aliphatic heterocycles. The van der Waals surface area contributed by atoms with Crippen molar-refractivity contribution in [2.75, 3.05) is 22.4 Å². The Labute approximate surface area is 224 Å². The zero-order chi connectivity index (χ0) is 26.7. The number of benzene rings is 1. The van der Waals surface area contributed by atoms with E-state index < -0.39 is 10.0 Å². The number of thiophene rings is 1. The van der Waals surface area contributed by atoms with Crippen molar-refractivity contribution in [3.63, 3.8) is 0 Å². The van der Waals surface area contributed by atoms with Gasteiger partial charge in [-0.25, -0.2) is 18.4 Å². The Balaban J connectivity index is 1.47. The van der Waals surface area contributed by atoms with Gasteiger partial charge < -0.3 is 8.98 Å². The van der Waals surface area contributed by atoms with Crippen LogP contribution in [0.4, 0.5) is 11.6 Å². The second-order valence-electron chi connectivity index (χ2n) is 8.64. The maximum absolute atomic E-state index is 13.2. The summed E-state index contributed by atoms with van der Waals surface area (Å²) in [6, 6.07) is 12.7. The molecule has 4 heterocycles. The van der Waals surface area contributed by atoms with E-state index in [2.05, 4.69) is 20.3 Å². The number of aryl methyl sites for hydroxylation is 2. The Morgan fingerprint density at radius 2 is 2.03 bits per heavy atom. The van der Waals surface area contributed by atoms with E-state index in [0.29, 0.717) is 47.2 Å². The smallest absolute Gasteiger partial charge is 0.268 e. The van der Waals surface area contributed by atoms with E-state index in [1.165, 1.54) is 29.1 Å². The van der Waals surface area contributed by atoms with Gasteiger partial charge in [0.1, 0.15) is 0 Å². The molecule has 1 N–H and O–H groups in total. The maximum Gasteiger partial charge on any atom is 0.268 e. The zero-order valence-electron chi connectivity index (χ0n) is 20.9. The molecule has 0 atom stereocenters. The van der Waals surface area contributed by atoms with Crippen LogP contribution in [0.25, 0.3) is 21.7 Å². The van der Waals surface area contributed by atoms with Crippen molar-refractivity contribution in [1.29, 1.82) is 0 Å². The Hall–Kier alpha value is -4.03. The molecular weight excluding hydrogens is 524 g/mol. The predicted octanol–water partition coefficient (Wildman–Crippen LogP) is 4.82. The molecule has 0 unspecified atom stereocenters. The van der Waals surface area contributed by atoms with Crippen LogP contribution in [0.5, 0.6) is 0 Å². The zero-order valence-corrected chi connectivity index (χ0v) is 22.5. The molecule has 5 aromatic rings. The summed E-state index contributed by atoms with van der Waals surface area (Å²) in [4.78, 5) is 27.3. The fourth-order valence-corrected chi connectivity index (χ4v) is 6.15. The minimum absolute atomic E-state index is 0.0548. The van der Waals surface area contributed by atoms with Gasteiger partial charge in [0, 0.05) is 26.0 Å². The van der Waals surface area contributed by atoms with Crippen LogP contribution in [0.2, 0.25) is 0 Å². The van der Waals surface area contributed by atoms with Crippen LogP contribution in [0.1, 0.15) is 28.6 Å². The van der Waals surface area contributed by atoms with E-state index in [1.807, 2.05) is 35.8 Å². The summed E-state index contributed by atoms with van der Waals surface area (Å²) in [6.45, 7) is 2.37. The molecule has 1 aromatic carbocycles. The lowest BCUT2D eigenvalue weighted by Gasteiger charge is -2.19. The molecule has 0 radical (unpaired) electrons. The SMILES string of the molecule is CCCS(=O)(=O)N(C)c1ccc2c(c1)nc(NC(=O)c1ccc(-c3cnco3)s1)n2CCc1cccnc1. The number of carbonyl (C=O) groups excluding carboxylic acids is 1. The fourth-order valence-electron chi connectivity index (χ4n) is 4.07. The van der Waals surface area contributed by atoms with E-state index in [1.54, 1.807) is 36.8 Å². The highest BCUT2D eigenvalue weighted by Crippen LogP contribution is 2.30. The monoisotopic (exact) mass is 550 g/mol. The van der Waals surface area contributed by atoms with Gasteiger partial charge in [-0.2, -0.15) is 0 Å². The lowest BCUT2D eigenvalue weighted by Crippen LogP contribution is -2.28. The van der Waals surface area contributed by atoms with Crippen LogP contribution in [-0.4, -0.2) is 46.6 Å². The van der Waals surface area contributed by atoms with E-state index in [9.17, 15) is 13.2 Å². The third-order valence-corrected chi connectivity index (χ3v) is 9.12. The first-order valence-electron chi connectivity index (χ1n) is 12.0. The van der Waals surface area contributed by atoms with Crippen molar-refractivity contribution < 1.29 is 17.6 Å². The lowest BCUT2D eigenvalue weighted by atomic mass is 10.2. The van der Waals surface area contributed by atoms with E-state index >= 15 is 0 Å². The Kier molecular flexibility index (Phi) is 7.25. The highest BCUT2D eigenvalue weighted by molar-refractivity contribution is 7.92. The standard InChI is InChI=1S/C26H26N6O4S2/c1-3-13-38(34,35)31(2)19-6-7-21-20(14-19)29-26(32(21)12-10-18-5-4-11-27-15-18)30-25(33)24-9-8-23(37-24)22-16-28-17-36-22/h4-9,11,14-17H,3,10,12-13H2,1-2H3,(H,29,30,33). The number of aromatic nitrogens is 4. The molecule has 12 heteroatoms. The first-order chi connectivity index (χ1) is 18.4. The van der Waals surface area contributed by atoms with Gasteiger partial charge in [0.25, 0.3) is 5.91 Å². The third-order valence-electron chi connectivity index (χ3n) is 6.05. The number of anilines is 2. The van der Waals surface area contributed by atoms with Crippen molar-refractivity contribution >= 4 is 49.9 Å². The summed E-state index contributed by atoms with van der Waals surface area (Å²) < 4.78 is 33.8. The third kappa shape index (κ3) is 5.31. The summed E-state index contributed by atoms with van der Waals surface area (Å²) in [5, 5.41) is 2.94. The van der Waals surface area contributed by atoms with Gasteiger partial charge in [0.15, 0.2) is 12.2 Å². The van der Waals surface area contributed by atoms with E-state index in [-0.39, 0.29) is 11.7 Å². The van der Waals surface area contributed by atoms with Gasteiger partial charge in [-0.15, -0.1) is 11.3 Å². The molecule has 1 amide bonds. The van der Waals surface area contributed by atoms with Crippen LogP contribution < -0.4 is 9.62 Å². The maximum atomic E-state index is 13.2. The minimum Gasteiger partial charge on any atom is -0.443 e. The quantitative estimate of drug-likeness (QED) is 0.264. The molecule has 0 aliphatic carbocycles. The summed E-state index contributed by atoms with van der Waals surface area (Å²) in [5.41, 5.74) is 2.91. The van der Waals surface area contributed by atoms with Crippen LogP contribution in [-0.2, 0) is 23.0 Å². The minimum atomic E-state index is -3.44. The number of pyridine rings is 1. The molecule has 0 saturated heterocycles. The number of fused-ring (bicyclic) bond motifs is 1. The van der Waals surface area contributed by atoms with Crippen molar-refractivity contribution in [2.45, 2.75) is 26.3 Å². The van der Waals surface area contributed by atoms with Crippen LogP contribution in [0.3, 0.4) is 0 Å². The van der Waals surface area contributed by atoms with E-state index in [0.717, 1.165) is 16.0 Å². The van der Waals surface area contributed by atoms with Gasteiger partial charge in [0.05, 0.1) is 38.4 Å². The number of carbonyl (C=O) groups is 1. The molecule has 0 aliphatic rings. The van der Waals surface area contributed by atoms with Crippen molar-refractivity contribution in [3.05, 3.63) is 77.9 Å². The highest BCUT2D eigenvalue weighted by atomic mass is 32.2. The van der Waals surface area contributed by atoms with Gasteiger partial charge in [-0.3, -0.25) is 19.4 Å². The summed E-state index contributed by atoms with van der Waals surface area (Å²) in [6.07, 6.45) is 7.66. The number of hydrogen-bond acceptors (Lipinski definition) is 8. The Morgan fingerprint density at radius 3 is 2.76 bits per heavy atom. The lowest BCUT2D eigenvalue weighted by molar-refractivity contribution is 0.102. The topological polar surface area (TPSA) is 123 Å². The number of oxazole rings is 1. The first-order valence-corrected chi connectivity index (χ1v) is 14.4. The van der Waals surface area contributed by atoms with Gasteiger partial charge >= 0.3 is 0 Å². The molecule has 196 valence electrons. The number of amides is 1. The number of imidazole rings is 1. The van der Waals surface area contributed by atoms with Crippen molar-refractivity contribution in [1.82, 2.24) is 19.5 Å². The van der Waals surface area contributed by atoms with Crippen LogP contribution in [0, 0.1) is 0 Å². The van der Waals surface area contributed by atoms with Gasteiger partial charge in [-0.05, 0) is 54.8 Å². The second-order valence-corrected chi connectivity index (χ2v) is 11.8. The molecular formula is C26H26N6O4S2. The molecule has 0 fully saturated rings. The Bertz CT molecular complexity index is 1660. The molecule has 0 bridgehead atoms. The summed E-state index contributed by atoms with van der Waals surface area (Å²) in [5.74, 6) is 0.716. The molecule has 4 aromatic heterocycles. The van der Waals surface area contributed by atoms with Crippen LogP contribution >= 0.6 is 11.3 Å². The molecule has 10 nitrogen and oxygen atoms in total. The summed E-state index contributed by atoms with van der Waals surface area (Å²) in [7, 11) is -1.90. The normalized spacial score (nSPS) is 11.6. The van der Waals surface area contributed by atoms with Crippen LogP contribution in [0.15, 0.2) is 71.9 Å². The predicted molar refractivity (Wildman–Crippen MR) is 148 cm³/mol. The molecule has 0 saturated carbocycles. The van der Waals surface area contributed by atoms with E-state index in [4.69, 9.17) is 4.42 Å². The van der Waals surface area contributed by atoms with Gasteiger partial charge in [0.2, 0.25) is 16.0 Å². The summed E-state index contributed by atoms with van der Waals surface area (Å²) >= 11 is 1.29. The number of hydrogen-bond donors (Lipinski definition) is 1. The largest absolute Gasteiger partial charge is 0.443 e. The van der Waals surface area contributed by atoms with Gasteiger partial charge in [-0.1, -0.05) is 13.0 Å². The second kappa shape index (κ2) is 10.8. The molecule has 5 rings (SSSR count). The number of nitrogens with zero attached hydrogens (tertiary/aromatic N) is 5.